The molecular formula is C36H41N3O8. The van der Waals surface area contributed by atoms with Crippen molar-refractivity contribution in [1.29, 1.82) is 0 Å². The van der Waals surface area contributed by atoms with Crippen molar-refractivity contribution in [2.45, 2.75) is 62.5 Å². The molecule has 2 saturated heterocycles. The Morgan fingerprint density at radius 1 is 1.00 bits per heavy atom. The second-order valence-corrected chi connectivity index (χ2v) is 12.4. The number of unbranched alkanes of at least 4 members (excludes halogenated alkanes) is 1. The van der Waals surface area contributed by atoms with E-state index >= 15 is 0 Å². The molecule has 11 heteroatoms. The van der Waals surface area contributed by atoms with Gasteiger partial charge in [0.15, 0.2) is 0 Å². The SMILES string of the molecule is COc1ccc(N2CC=C[C@@]34O[C@H]5/C=C\CCC(=O)N[C@@H](C)[C@H](c6ccccc6)OC(=O)[C@H]5[C@@H]3C(=O)N(CCCCO)[C@H]4C2=O)cc1. The zero-order valence-corrected chi connectivity index (χ0v) is 26.6. The molecule has 0 aliphatic carbocycles. The van der Waals surface area contributed by atoms with Crippen LogP contribution in [0.3, 0.4) is 0 Å². The Hall–Kier alpha value is -4.48. The first-order valence-electron chi connectivity index (χ1n) is 16.2. The Morgan fingerprint density at radius 3 is 2.49 bits per heavy atom. The summed E-state index contributed by atoms with van der Waals surface area (Å²) in [5.41, 5.74) is -0.119. The highest BCUT2D eigenvalue weighted by Crippen LogP contribution is 2.53. The van der Waals surface area contributed by atoms with Crippen LogP contribution in [-0.4, -0.2) is 84.3 Å². The zero-order chi connectivity index (χ0) is 33.1. The minimum atomic E-state index is -1.45. The summed E-state index contributed by atoms with van der Waals surface area (Å²) < 4.78 is 18.3. The lowest BCUT2D eigenvalue weighted by Gasteiger charge is -2.35. The molecule has 1 spiro atoms. The first kappa shape index (κ1) is 32.5. The number of aliphatic hydroxyl groups excluding tert-OH is 1. The minimum Gasteiger partial charge on any atom is -0.497 e. The van der Waals surface area contributed by atoms with Crippen molar-refractivity contribution >= 4 is 29.4 Å². The van der Waals surface area contributed by atoms with Gasteiger partial charge in [0, 0.05) is 31.8 Å². The number of nitrogens with zero attached hydrogens (tertiary/aromatic N) is 2. The summed E-state index contributed by atoms with van der Waals surface area (Å²) in [4.78, 5) is 59.4. The molecule has 2 fully saturated rings. The Bertz CT molecular complexity index is 1540. The van der Waals surface area contributed by atoms with Crippen LogP contribution in [0.5, 0.6) is 5.75 Å². The van der Waals surface area contributed by atoms with E-state index in [9.17, 15) is 24.3 Å². The van der Waals surface area contributed by atoms with Crippen molar-refractivity contribution in [2.24, 2.45) is 11.8 Å². The summed E-state index contributed by atoms with van der Waals surface area (Å²) in [6, 6.07) is 14.7. The van der Waals surface area contributed by atoms with Crippen LogP contribution in [0.1, 0.15) is 44.3 Å². The third kappa shape index (κ3) is 6.05. The molecule has 4 aliphatic heterocycles. The highest BCUT2D eigenvalue weighted by Gasteiger charge is 2.71. The zero-order valence-electron chi connectivity index (χ0n) is 26.6. The molecule has 3 amide bonds. The maximum atomic E-state index is 14.6. The van der Waals surface area contributed by atoms with Crippen molar-refractivity contribution in [3.8, 4) is 5.75 Å². The molecule has 47 heavy (non-hydrogen) atoms. The van der Waals surface area contributed by atoms with Gasteiger partial charge in [0.1, 0.15) is 29.4 Å². The highest BCUT2D eigenvalue weighted by molar-refractivity contribution is 6.05. The number of benzene rings is 2. The Labute approximate surface area is 274 Å². The number of amides is 3. The van der Waals surface area contributed by atoms with E-state index in [1.165, 1.54) is 4.90 Å². The molecule has 11 nitrogen and oxygen atoms in total. The molecule has 2 aromatic carbocycles. The molecular weight excluding hydrogens is 602 g/mol. The first-order chi connectivity index (χ1) is 22.8. The number of anilines is 1. The summed E-state index contributed by atoms with van der Waals surface area (Å²) in [7, 11) is 1.57. The average Bonchev–Trinajstić information content (AvgIpc) is 3.46. The topological polar surface area (TPSA) is 135 Å². The predicted molar refractivity (Wildman–Crippen MR) is 172 cm³/mol. The quantitative estimate of drug-likeness (QED) is 0.267. The van der Waals surface area contributed by atoms with Crippen LogP contribution in [0.25, 0.3) is 0 Å². The number of carbonyl (C=O) groups is 4. The normalized spacial score (nSPS) is 31.5. The van der Waals surface area contributed by atoms with Crippen LogP contribution in [0.4, 0.5) is 5.69 Å². The lowest BCUT2D eigenvalue weighted by atomic mass is 9.77. The van der Waals surface area contributed by atoms with E-state index in [0.29, 0.717) is 36.3 Å². The second kappa shape index (κ2) is 13.7. The van der Waals surface area contributed by atoms with Crippen LogP contribution in [-0.2, 0) is 28.7 Å². The summed E-state index contributed by atoms with van der Waals surface area (Å²) in [6.45, 7) is 2.17. The molecule has 4 aliphatic rings. The van der Waals surface area contributed by atoms with Crippen LogP contribution in [0.15, 0.2) is 78.9 Å². The third-order valence-corrected chi connectivity index (χ3v) is 9.54. The number of nitrogens with one attached hydrogen (secondary N) is 1. The standard InChI is InChI=1S/C36H41N3O8/c1-23-31(24-11-4-3-5-12-24)46-35(44)29-27(13-6-7-14-28(41)37-23)47-36-19-10-21-38(25-15-17-26(45-2)18-16-25)34(43)32(36)39(20-8-9-22-40)33(42)30(29)36/h3-6,10-13,15-19,23,27,29-32,40H,7-9,14,20-22H2,1-2H3,(H,37,41)/b13-6-/t23-,27-,29+,30+,31+,32-,36+/m0/s1. The second-order valence-electron chi connectivity index (χ2n) is 12.4. The van der Waals surface area contributed by atoms with Crippen molar-refractivity contribution < 1.29 is 38.5 Å². The van der Waals surface area contributed by atoms with Gasteiger partial charge in [-0.1, -0.05) is 54.6 Å². The Morgan fingerprint density at radius 2 is 1.77 bits per heavy atom. The summed E-state index contributed by atoms with van der Waals surface area (Å²) in [5, 5.41) is 12.5. The lowest BCUT2D eigenvalue weighted by molar-refractivity contribution is -0.161. The van der Waals surface area contributed by atoms with Crippen molar-refractivity contribution in [1.82, 2.24) is 10.2 Å². The fraction of sp³-hybridized carbons (Fsp3) is 0.444. The number of cyclic esters (lactones) is 1. The maximum Gasteiger partial charge on any atom is 0.313 e. The third-order valence-electron chi connectivity index (χ3n) is 9.54. The molecule has 0 aromatic heterocycles. The predicted octanol–water partition coefficient (Wildman–Crippen LogP) is 3.09. The molecule has 6 rings (SSSR count). The Kier molecular flexibility index (Phi) is 9.47. The smallest absolute Gasteiger partial charge is 0.313 e. The molecule has 7 atom stereocenters. The number of likely N-dealkylation sites (tertiary alicyclic amines) is 1. The van der Waals surface area contributed by atoms with Gasteiger partial charge in [0.25, 0.3) is 5.91 Å². The van der Waals surface area contributed by atoms with Gasteiger partial charge in [-0.15, -0.1) is 0 Å². The van der Waals surface area contributed by atoms with Crippen molar-refractivity contribution in [2.75, 3.05) is 31.7 Å². The van der Waals surface area contributed by atoms with Gasteiger partial charge in [-0.3, -0.25) is 19.2 Å². The van der Waals surface area contributed by atoms with Gasteiger partial charge in [-0.05, 0) is 56.0 Å². The molecule has 0 radical (unpaired) electrons. The van der Waals surface area contributed by atoms with Crippen LogP contribution in [0, 0.1) is 11.8 Å². The molecule has 0 unspecified atom stereocenters. The number of aliphatic hydroxyl groups is 1. The largest absolute Gasteiger partial charge is 0.497 e. The van der Waals surface area contributed by atoms with Gasteiger partial charge in [-0.2, -0.15) is 0 Å². The minimum absolute atomic E-state index is 0.0546. The number of carbonyl (C=O) groups excluding carboxylic acids is 4. The number of hydrogen-bond donors (Lipinski definition) is 2. The number of hydrogen-bond acceptors (Lipinski definition) is 8. The van der Waals surface area contributed by atoms with Gasteiger partial charge < -0.3 is 34.4 Å². The van der Waals surface area contributed by atoms with E-state index in [1.807, 2.05) is 36.4 Å². The Balaban J connectivity index is 1.42. The van der Waals surface area contributed by atoms with Gasteiger partial charge >= 0.3 is 5.97 Å². The number of rotatable bonds is 7. The fourth-order valence-corrected chi connectivity index (χ4v) is 7.33. The summed E-state index contributed by atoms with van der Waals surface area (Å²) in [6.07, 6.45) is 6.94. The first-order valence-corrected chi connectivity index (χ1v) is 16.2. The van der Waals surface area contributed by atoms with E-state index in [0.717, 1.165) is 0 Å². The maximum absolute atomic E-state index is 14.6. The number of esters is 1. The molecule has 2 aromatic rings. The molecule has 0 saturated carbocycles. The highest BCUT2D eigenvalue weighted by atomic mass is 16.6. The molecule has 2 N–H and O–H groups in total. The van der Waals surface area contributed by atoms with Crippen molar-refractivity contribution in [3.05, 3.63) is 84.5 Å². The lowest BCUT2D eigenvalue weighted by Crippen LogP contribution is -2.55. The van der Waals surface area contributed by atoms with E-state index in [4.69, 9.17) is 14.2 Å². The summed E-state index contributed by atoms with van der Waals surface area (Å²) >= 11 is 0. The van der Waals surface area contributed by atoms with Gasteiger partial charge in [-0.25, -0.2) is 0 Å². The van der Waals surface area contributed by atoms with E-state index in [-0.39, 0.29) is 43.8 Å². The molecule has 4 heterocycles. The number of methoxy groups -OCH3 is 1. The van der Waals surface area contributed by atoms with Crippen LogP contribution >= 0.6 is 0 Å². The van der Waals surface area contributed by atoms with Crippen LogP contribution < -0.4 is 15.0 Å². The summed E-state index contributed by atoms with van der Waals surface area (Å²) in [5.74, 6) is -2.97. The number of fused-ring (bicyclic) bond motifs is 2. The van der Waals surface area contributed by atoms with Crippen molar-refractivity contribution in [3.63, 3.8) is 0 Å². The van der Waals surface area contributed by atoms with E-state index < -0.39 is 47.7 Å². The molecule has 0 bridgehead atoms. The molecule has 248 valence electrons. The monoisotopic (exact) mass is 643 g/mol. The number of ether oxygens (including phenoxy) is 3. The number of allylic oxidation sites excluding steroid dienone is 1. The van der Waals surface area contributed by atoms with Crippen LogP contribution in [0.2, 0.25) is 0 Å². The average molecular weight is 644 g/mol. The van der Waals surface area contributed by atoms with Gasteiger partial charge in [0.05, 0.1) is 25.2 Å². The fourth-order valence-electron chi connectivity index (χ4n) is 7.33. The van der Waals surface area contributed by atoms with E-state index in [1.54, 1.807) is 61.4 Å². The van der Waals surface area contributed by atoms with E-state index in [2.05, 4.69) is 5.32 Å². The van der Waals surface area contributed by atoms with Gasteiger partial charge in [0.2, 0.25) is 11.8 Å².